The summed E-state index contributed by atoms with van der Waals surface area (Å²) in [6.07, 6.45) is 0. The first kappa shape index (κ1) is 12.6. The lowest BCUT2D eigenvalue weighted by molar-refractivity contribution is -0.128. The van der Waals surface area contributed by atoms with Gasteiger partial charge in [0.1, 0.15) is 0 Å². The highest BCUT2D eigenvalue weighted by Gasteiger charge is 2.44. The van der Waals surface area contributed by atoms with E-state index in [9.17, 15) is 9.18 Å². The molecule has 2 saturated heterocycles. The van der Waals surface area contributed by atoms with Crippen LogP contribution in [0.1, 0.15) is 20.8 Å². The van der Waals surface area contributed by atoms with Crippen molar-refractivity contribution in [2.75, 3.05) is 26.2 Å². The molecule has 0 aromatic heterocycles. The number of fused-ring (bicyclic) bond motifs is 1. The van der Waals surface area contributed by atoms with Gasteiger partial charge in [0.05, 0.1) is 0 Å². The third-order valence-corrected chi connectivity index (χ3v) is 3.95. The van der Waals surface area contributed by atoms with Gasteiger partial charge >= 0.3 is 0 Å². The monoisotopic (exact) mass is 240 g/mol. The Labute approximate surface area is 102 Å². The number of halogens is 1. The standard InChI is InChI=1S/C13H21FN2O/c1-9(14)12(17)15-5-10-7-16(13(2,3)4)8-11(10)6-15/h10-11H,1,5-8H2,2-4H3. The summed E-state index contributed by atoms with van der Waals surface area (Å²) < 4.78 is 12.8. The topological polar surface area (TPSA) is 23.6 Å². The molecule has 2 aliphatic heterocycles. The maximum absolute atomic E-state index is 12.8. The summed E-state index contributed by atoms with van der Waals surface area (Å²) in [7, 11) is 0. The van der Waals surface area contributed by atoms with E-state index in [4.69, 9.17) is 0 Å². The maximum atomic E-state index is 12.8. The third-order valence-electron chi connectivity index (χ3n) is 3.95. The summed E-state index contributed by atoms with van der Waals surface area (Å²) in [4.78, 5) is 15.6. The van der Waals surface area contributed by atoms with Crippen molar-refractivity contribution in [2.45, 2.75) is 26.3 Å². The van der Waals surface area contributed by atoms with Crippen LogP contribution in [0.2, 0.25) is 0 Å². The summed E-state index contributed by atoms with van der Waals surface area (Å²) in [5.41, 5.74) is 0.183. The second kappa shape index (κ2) is 4.09. The largest absolute Gasteiger partial charge is 0.336 e. The van der Waals surface area contributed by atoms with Gasteiger partial charge in [-0.25, -0.2) is 4.39 Å². The zero-order valence-electron chi connectivity index (χ0n) is 10.9. The highest BCUT2D eigenvalue weighted by molar-refractivity contribution is 5.90. The normalized spacial score (nSPS) is 29.5. The molecule has 96 valence electrons. The predicted molar refractivity (Wildman–Crippen MR) is 65.1 cm³/mol. The van der Waals surface area contributed by atoms with Crippen LogP contribution in [0.15, 0.2) is 12.4 Å². The lowest BCUT2D eigenvalue weighted by Crippen LogP contribution is -2.42. The Kier molecular flexibility index (Phi) is 3.02. The first-order chi connectivity index (χ1) is 7.79. The molecular weight excluding hydrogens is 219 g/mol. The van der Waals surface area contributed by atoms with E-state index < -0.39 is 11.7 Å². The van der Waals surface area contributed by atoms with Crippen LogP contribution in [-0.4, -0.2) is 47.4 Å². The van der Waals surface area contributed by atoms with Gasteiger partial charge in [-0.3, -0.25) is 9.69 Å². The fourth-order valence-corrected chi connectivity index (χ4v) is 2.88. The molecule has 0 saturated carbocycles. The molecule has 1 amide bonds. The summed E-state index contributed by atoms with van der Waals surface area (Å²) in [5, 5.41) is 0. The van der Waals surface area contributed by atoms with Crippen LogP contribution in [0.25, 0.3) is 0 Å². The van der Waals surface area contributed by atoms with Crippen molar-refractivity contribution in [2.24, 2.45) is 11.8 Å². The van der Waals surface area contributed by atoms with Gasteiger partial charge in [0.15, 0.2) is 5.83 Å². The fraction of sp³-hybridized carbons (Fsp3) is 0.769. The Bertz CT molecular complexity index is 334. The summed E-state index contributed by atoms with van der Waals surface area (Å²) in [6.45, 7) is 13.1. The number of carbonyl (C=O) groups is 1. The Morgan fingerprint density at radius 3 is 2.00 bits per heavy atom. The molecule has 0 N–H and O–H groups in total. The number of carbonyl (C=O) groups excluding carboxylic acids is 1. The smallest absolute Gasteiger partial charge is 0.281 e. The maximum Gasteiger partial charge on any atom is 0.281 e. The van der Waals surface area contributed by atoms with E-state index in [1.165, 1.54) is 0 Å². The molecule has 0 aliphatic carbocycles. The van der Waals surface area contributed by atoms with Crippen LogP contribution in [0.5, 0.6) is 0 Å². The van der Waals surface area contributed by atoms with Crippen molar-refractivity contribution >= 4 is 5.91 Å². The SMILES string of the molecule is C=C(F)C(=O)N1CC2CN(C(C)(C)C)CC2C1. The zero-order valence-corrected chi connectivity index (χ0v) is 10.9. The minimum Gasteiger partial charge on any atom is -0.336 e. The number of hydrogen-bond donors (Lipinski definition) is 0. The number of amides is 1. The van der Waals surface area contributed by atoms with Gasteiger partial charge < -0.3 is 4.90 Å². The number of nitrogens with zero attached hydrogens (tertiary/aromatic N) is 2. The molecule has 0 radical (unpaired) electrons. The van der Waals surface area contributed by atoms with Crippen LogP contribution in [0, 0.1) is 11.8 Å². The molecule has 0 bridgehead atoms. The average Bonchev–Trinajstić information content (AvgIpc) is 2.71. The fourth-order valence-electron chi connectivity index (χ4n) is 2.88. The molecule has 2 aliphatic rings. The quantitative estimate of drug-likeness (QED) is 0.651. The lowest BCUT2D eigenvalue weighted by Gasteiger charge is -2.33. The van der Waals surface area contributed by atoms with Gasteiger partial charge in [-0.05, 0) is 32.6 Å². The molecule has 0 spiro atoms. The first-order valence-electron chi connectivity index (χ1n) is 6.18. The molecule has 2 atom stereocenters. The van der Waals surface area contributed by atoms with E-state index in [0.717, 1.165) is 13.1 Å². The molecule has 4 heteroatoms. The van der Waals surface area contributed by atoms with Crippen molar-refractivity contribution in [1.82, 2.24) is 9.80 Å². The molecule has 2 unspecified atom stereocenters. The molecule has 2 rings (SSSR count). The van der Waals surface area contributed by atoms with Gasteiger partial charge in [-0.1, -0.05) is 6.58 Å². The summed E-state index contributed by atoms with van der Waals surface area (Å²) in [6, 6.07) is 0. The predicted octanol–water partition coefficient (Wildman–Crippen LogP) is 1.66. The van der Waals surface area contributed by atoms with E-state index >= 15 is 0 Å². The van der Waals surface area contributed by atoms with Gasteiger partial charge in [0.2, 0.25) is 0 Å². The van der Waals surface area contributed by atoms with Crippen LogP contribution >= 0.6 is 0 Å². The molecular formula is C13H21FN2O. The average molecular weight is 240 g/mol. The van der Waals surface area contributed by atoms with E-state index in [0.29, 0.717) is 24.9 Å². The minimum atomic E-state index is -0.836. The summed E-state index contributed by atoms with van der Waals surface area (Å²) in [5.74, 6) is -0.366. The highest BCUT2D eigenvalue weighted by atomic mass is 19.1. The van der Waals surface area contributed by atoms with Crippen molar-refractivity contribution < 1.29 is 9.18 Å². The van der Waals surface area contributed by atoms with Crippen LogP contribution in [0.4, 0.5) is 4.39 Å². The van der Waals surface area contributed by atoms with Crippen molar-refractivity contribution in [3.8, 4) is 0 Å². The Hall–Kier alpha value is -0.900. The molecule has 0 aromatic carbocycles. The molecule has 2 heterocycles. The Balaban J connectivity index is 1.96. The first-order valence-corrected chi connectivity index (χ1v) is 6.18. The van der Waals surface area contributed by atoms with Crippen LogP contribution in [-0.2, 0) is 4.79 Å². The third kappa shape index (κ3) is 2.37. The van der Waals surface area contributed by atoms with Gasteiger partial charge in [0, 0.05) is 31.7 Å². The van der Waals surface area contributed by atoms with Crippen molar-refractivity contribution in [1.29, 1.82) is 0 Å². The van der Waals surface area contributed by atoms with E-state index in [1.807, 2.05) is 0 Å². The van der Waals surface area contributed by atoms with Crippen LogP contribution in [0.3, 0.4) is 0 Å². The van der Waals surface area contributed by atoms with E-state index in [1.54, 1.807) is 4.90 Å². The molecule has 3 nitrogen and oxygen atoms in total. The zero-order chi connectivity index (χ0) is 12.8. The Morgan fingerprint density at radius 1 is 1.18 bits per heavy atom. The molecule has 17 heavy (non-hydrogen) atoms. The highest BCUT2D eigenvalue weighted by Crippen LogP contribution is 2.35. The van der Waals surface area contributed by atoms with E-state index in [2.05, 4.69) is 32.3 Å². The second-order valence-electron chi connectivity index (χ2n) is 6.21. The molecule has 0 aromatic rings. The van der Waals surface area contributed by atoms with Crippen LogP contribution < -0.4 is 0 Å². The van der Waals surface area contributed by atoms with Gasteiger partial charge in [-0.2, -0.15) is 0 Å². The summed E-state index contributed by atoms with van der Waals surface area (Å²) >= 11 is 0. The van der Waals surface area contributed by atoms with E-state index in [-0.39, 0.29) is 5.54 Å². The lowest BCUT2D eigenvalue weighted by atomic mass is 10.0. The number of hydrogen-bond acceptors (Lipinski definition) is 2. The van der Waals surface area contributed by atoms with Gasteiger partial charge in [0.25, 0.3) is 5.91 Å². The second-order valence-corrected chi connectivity index (χ2v) is 6.21. The number of likely N-dealkylation sites (tertiary alicyclic amines) is 2. The number of rotatable bonds is 1. The molecule has 2 fully saturated rings. The van der Waals surface area contributed by atoms with Crippen molar-refractivity contribution in [3.05, 3.63) is 12.4 Å². The van der Waals surface area contributed by atoms with Crippen molar-refractivity contribution in [3.63, 3.8) is 0 Å². The van der Waals surface area contributed by atoms with Gasteiger partial charge in [-0.15, -0.1) is 0 Å². The minimum absolute atomic E-state index is 0.183. The Morgan fingerprint density at radius 2 is 1.65 bits per heavy atom.